The lowest BCUT2D eigenvalue weighted by atomic mass is 9.94. The fourth-order valence-corrected chi connectivity index (χ4v) is 2.87. The van der Waals surface area contributed by atoms with E-state index < -0.39 is 0 Å². The van der Waals surface area contributed by atoms with E-state index in [2.05, 4.69) is 15.5 Å². The van der Waals surface area contributed by atoms with Gasteiger partial charge in [0.15, 0.2) is 0 Å². The minimum absolute atomic E-state index is 0.177. The lowest BCUT2D eigenvalue weighted by molar-refractivity contribution is -0.137. The van der Waals surface area contributed by atoms with Crippen LogP contribution in [0.4, 0.5) is 0 Å². The molecule has 2 aliphatic rings. The molecule has 2 saturated heterocycles. The van der Waals surface area contributed by atoms with Crippen LogP contribution < -0.4 is 10.6 Å². The van der Waals surface area contributed by atoms with Crippen molar-refractivity contribution >= 4 is 5.91 Å². The van der Waals surface area contributed by atoms with Crippen LogP contribution in [0, 0.1) is 0 Å². The van der Waals surface area contributed by atoms with Crippen molar-refractivity contribution in [1.82, 2.24) is 15.5 Å². The summed E-state index contributed by atoms with van der Waals surface area (Å²) in [6.45, 7) is 8.07. The number of amides is 1. The minimum atomic E-state index is -0.340. The Morgan fingerprint density at radius 1 is 1.25 bits per heavy atom. The first-order valence-corrected chi connectivity index (χ1v) is 6.38. The second-order valence-electron chi connectivity index (χ2n) is 5.34. The van der Waals surface area contributed by atoms with E-state index in [0.717, 1.165) is 32.6 Å². The van der Waals surface area contributed by atoms with Gasteiger partial charge in [0.25, 0.3) is 0 Å². The second-order valence-corrected chi connectivity index (χ2v) is 5.34. The molecule has 16 heavy (non-hydrogen) atoms. The minimum Gasteiger partial charge on any atom is -0.353 e. The van der Waals surface area contributed by atoms with Gasteiger partial charge in [-0.15, -0.1) is 0 Å². The molecule has 0 aromatic carbocycles. The quantitative estimate of drug-likeness (QED) is 0.676. The normalized spacial score (nSPS) is 31.9. The van der Waals surface area contributed by atoms with Crippen molar-refractivity contribution in [2.75, 3.05) is 26.2 Å². The van der Waals surface area contributed by atoms with Crippen molar-refractivity contribution < 1.29 is 4.79 Å². The molecule has 2 heterocycles. The fourth-order valence-electron chi connectivity index (χ4n) is 2.87. The van der Waals surface area contributed by atoms with Crippen LogP contribution in [0.3, 0.4) is 0 Å². The highest BCUT2D eigenvalue weighted by molar-refractivity contribution is 5.86. The number of carbonyl (C=O) groups is 1. The molecule has 0 saturated carbocycles. The highest BCUT2D eigenvalue weighted by Gasteiger charge is 2.40. The number of rotatable bonds is 1. The third-order valence-corrected chi connectivity index (χ3v) is 3.90. The summed E-state index contributed by atoms with van der Waals surface area (Å²) >= 11 is 0. The summed E-state index contributed by atoms with van der Waals surface area (Å²) in [6.07, 6.45) is 3.60. The Morgan fingerprint density at radius 2 is 2.06 bits per heavy atom. The zero-order valence-electron chi connectivity index (χ0n) is 10.4. The first kappa shape index (κ1) is 11.9. The predicted octanol–water partition coefficient (Wildman–Crippen LogP) is 0.339. The van der Waals surface area contributed by atoms with Gasteiger partial charge >= 0.3 is 0 Å². The maximum absolute atomic E-state index is 11.9. The zero-order valence-corrected chi connectivity index (χ0v) is 10.4. The van der Waals surface area contributed by atoms with E-state index in [-0.39, 0.29) is 11.4 Å². The largest absolute Gasteiger partial charge is 0.353 e. The molecular weight excluding hydrogens is 202 g/mol. The van der Waals surface area contributed by atoms with Crippen LogP contribution in [0.25, 0.3) is 0 Å². The van der Waals surface area contributed by atoms with Gasteiger partial charge in [-0.05, 0) is 46.2 Å². The van der Waals surface area contributed by atoms with E-state index in [1.165, 1.54) is 12.8 Å². The van der Waals surface area contributed by atoms with Crippen molar-refractivity contribution in [2.24, 2.45) is 0 Å². The monoisotopic (exact) mass is 225 g/mol. The third kappa shape index (κ3) is 2.23. The molecule has 0 aromatic rings. The van der Waals surface area contributed by atoms with Crippen LogP contribution in [0.5, 0.6) is 0 Å². The topological polar surface area (TPSA) is 44.4 Å². The molecule has 0 aromatic heterocycles. The number of nitrogens with zero attached hydrogens (tertiary/aromatic N) is 1. The molecule has 1 unspecified atom stereocenters. The van der Waals surface area contributed by atoms with Gasteiger partial charge in [-0.3, -0.25) is 9.69 Å². The predicted molar refractivity (Wildman–Crippen MR) is 64.3 cm³/mol. The first-order chi connectivity index (χ1) is 7.62. The molecule has 0 radical (unpaired) electrons. The Morgan fingerprint density at radius 3 is 2.88 bits per heavy atom. The molecule has 2 N–H and O–H groups in total. The van der Waals surface area contributed by atoms with E-state index >= 15 is 0 Å². The van der Waals surface area contributed by atoms with E-state index in [9.17, 15) is 4.79 Å². The highest BCUT2D eigenvalue weighted by atomic mass is 16.2. The van der Waals surface area contributed by atoms with Gasteiger partial charge in [0.1, 0.15) is 0 Å². The fraction of sp³-hybridized carbons (Fsp3) is 0.917. The molecule has 1 atom stereocenters. The Kier molecular flexibility index (Phi) is 3.50. The van der Waals surface area contributed by atoms with Crippen LogP contribution in [-0.2, 0) is 4.79 Å². The number of carbonyl (C=O) groups excluding carboxylic acids is 1. The smallest absolute Gasteiger partial charge is 0.240 e. The Hall–Kier alpha value is -0.610. The summed E-state index contributed by atoms with van der Waals surface area (Å²) in [5, 5.41) is 6.39. The maximum Gasteiger partial charge on any atom is 0.240 e. The molecule has 1 amide bonds. The SMILES string of the molecule is CC1(C)C(=O)NCCN1C1CCCNCC1. The summed E-state index contributed by atoms with van der Waals surface area (Å²) in [5.41, 5.74) is -0.340. The summed E-state index contributed by atoms with van der Waals surface area (Å²) < 4.78 is 0. The van der Waals surface area contributed by atoms with E-state index in [4.69, 9.17) is 0 Å². The van der Waals surface area contributed by atoms with Crippen molar-refractivity contribution in [3.8, 4) is 0 Å². The first-order valence-electron chi connectivity index (χ1n) is 6.38. The summed E-state index contributed by atoms with van der Waals surface area (Å²) in [5.74, 6) is 0.177. The average Bonchev–Trinajstić information content (AvgIpc) is 2.50. The Balaban J connectivity index is 2.08. The molecule has 0 aliphatic carbocycles. The van der Waals surface area contributed by atoms with Crippen molar-refractivity contribution in [3.63, 3.8) is 0 Å². The van der Waals surface area contributed by atoms with Crippen LogP contribution in [0.2, 0.25) is 0 Å². The molecule has 0 spiro atoms. The summed E-state index contributed by atoms with van der Waals surface area (Å²) in [6, 6.07) is 0.566. The molecule has 92 valence electrons. The Bertz CT molecular complexity index is 257. The molecule has 4 heteroatoms. The molecule has 2 aliphatic heterocycles. The van der Waals surface area contributed by atoms with Gasteiger partial charge in [-0.25, -0.2) is 0 Å². The van der Waals surface area contributed by atoms with E-state index in [1.807, 2.05) is 13.8 Å². The molecular formula is C12H23N3O. The van der Waals surface area contributed by atoms with Gasteiger partial charge in [0.05, 0.1) is 5.54 Å². The van der Waals surface area contributed by atoms with Gasteiger partial charge in [-0.1, -0.05) is 0 Å². The lowest BCUT2D eigenvalue weighted by Gasteiger charge is -2.45. The molecule has 2 rings (SSSR count). The maximum atomic E-state index is 11.9. The van der Waals surface area contributed by atoms with E-state index in [1.54, 1.807) is 0 Å². The number of hydrogen-bond acceptors (Lipinski definition) is 3. The average molecular weight is 225 g/mol. The van der Waals surface area contributed by atoms with Gasteiger partial charge in [-0.2, -0.15) is 0 Å². The number of piperazine rings is 1. The van der Waals surface area contributed by atoms with Crippen LogP contribution in [0.15, 0.2) is 0 Å². The van der Waals surface area contributed by atoms with Gasteiger partial charge in [0.2, 0.25) is 5.91 Å². The summed E-state index contributed by atoms with van der Waals surface area (Å²) in [7, 11) is 0. The number of hydrogen-bond donors (Lipinski definition) is 2. The standard InChI is InChI=1S/C12H23N3O/c1-12(2)11(16)14-8-9-15(12)10-4-3-6-13-7-5-10/h10,13H,3-9H2,1-2H3,(H,14,16). The third-order valence-electron chi connectivity index (χ3n) is 3.90. The number of nitrogens with one attached hydrogen (secondary N) is 2. The molecule has 0 bridgehead atoms. The lowest BCUT2D eigenvalue weighted by Crippen LogP contribution is -2.64. The molecule has 4 nitrogen and oxygen atoms in total. The van der Waals surface area contributed by atoms with Gasteiger partial charge < -0.3 is 10.6 Å². The second kappa shape index (κ2) is 4.72. The van der Waals surface area contributed by atoms with Crippen LogP contribution >= 0.6 is 0 Å². The van der Waals surface area contributed by atoms with E-state index in [0.29, 0.717) is 6.04 Å². The van der Waals surface area contributed by atoms with Crippen LogP contribution in [-0.4, -0.2) is 48.6 Å². The van der Waals surface area contributed by atoms with Crippen LogP contribution in [0.1, 0.15) is 33.1 Å². The zero-order chi connectivity index (χ0) is 11.6. The van der Waals surface area contributed by atoms with Gasteiger partial charge in [0, 0.05) is 19.1 Å². The van der Waals surface area contributed by atoms with Crippen molar-refractivity contribution in [1.29, 1.82) is 0 Å². The van der Waals surface area contributed by atoms with Crippen molar-refractivity contribution in [3.05, 3.63) is 0 Å². The summed E-state index contributed by atoms with van der Waals surface area (Å²) in [4.78, 5) is 14.3. The Labute approximate surface area is 97.8 Å². The highest BCUT2D eigenvalue weighted by Crippen LogP contribution is 2.25. The molecule has 2 fully saturated rings. The van der Waals surface area contributed by atoms with Crippen molar-refractivity contribution in [2.45, 2.75) is 44.7 Å².